The van der Waals surface area contributed by atoms with E-state index in [9.17, 15) is 22.7 Å². The van der Waals surface area contributed by atoms with Crippen LogP contribution >= 0.6 is 28.3 Å². The molecule has 0 heterocycles. The standard InChI is InChI=1S/C14H10BrF4NO2.ClH/c15-9-5-6-10(16)11(13(9)21)12(20)7-1-3-8(4-2-7)22-14(17,18)19;/h1-6,12,21H,20H2;1H/t12-;/m0./s1. The summed E-state index contributed by atoms with van der Waals surface area (Å²) in [5, 5.41) is 9.88. The Labute approximate surface area is 143 Å². The Balaban J connectivity index is 0.00000264. The van der Waals surface area contributed by atoms with Crippen molar-refractivity contribution in [3.63, 3.8) is 0 Å². The van der Waals surface area contributed by atoms with Gasteiger partial charge in [-0.05, 0) is 45.8 Å². The van der Waals surface area contributed by atoms with Crippen LogP contribution in [0.4, 0.5) is 17.6 Å². The van der Waals surface area contributed by atoms with Crippen molar-refractivity contribution in [3.05, 3.63) is 57.8 Å². The first-order valence-electron chi connectivity index (χ1n) is 5.97. The Morgan fingerprint density at radius 1 is 1.09 bits per heavy atom. The van der Waals surface area contributed by atoms with E-state index in [1.165, 1.54) is 18.2 Å². The first kappa shape index (κ1) is 19.5. The summed E-state index contributed by atoms with van der Waals surface area (Å²) < 4.78 is 54.1. The van der Waals surface area contributed by atoms with Gasteiger partial charge in [0.05, 0.1) is 16.1 Å². The normalized spacial score (nSPS) is 12.4. The number of phenols is 1. The van der Waals surface area contributed by atoms with Crippen molar-refractivity contribution in [1.82, 2.24) is 0 Å². The third-order valence-corrected chi connectivity index (χ3v) is 3.54. The Hall–Kier alpha value is -1.51. The summed E-state index contributed by atoms with van der Waals surface area (Å²) in [5.41, 5.74) is 6.05. The molecule has 0 saturated carbocycles. The number of aromatic hydroxyl groups is 1. The minimum absolute atomic E-state index is 0. The SMILES string of the molecule is Cl.N[C@@H](c1ccc(OC(F)(F)F)cc1)c1c(F)ccc(Br)c1O. The molecule has 0 unspecified atom stereocenters. The van der Waals surface area contributed by atoms with Crippen LogP contribution in [0.5, 0.6) is 11.5 Å². The average Bonchev–Trinajstić information content (AvgIpc) is 2.42. The maximum Gasteiger partial charge on any atom is 0.573 e. The molecule has 3 nitrogen and oxygen atoms in total. The molecule has 2 rings (SSSR count). The second kappa shape index (κ2) is 7.37. The molecular weight excluding hydrogens is 406 g/mol. The largest absolute Gasteiger partial charge is 0.573 e. The van der Waals surface area contributed by atoms with Crippen molar-refractivity contribution >= 4 is 28.3 Å². The van der Waals surface area contributed by atoms with E-state index in [4.69, 9.17) is 5.73 Å². The highest BCUT2D eigenvalue weighted by molar-refractivity contribution is 9.10. The molecule has 0 radical (unpaired) electrons. The van der Waals surface area contributed by atoms with E-state index in [2.05, 4.69) is 20.7 Å². The van der Waals surface area contributed by atoms with Gasteiger partial charge < -0.3 is 15.6 Å². The Bertz CT molecular complexity index is 680. The van der Waals surface area contributed by atoms with Crippen LogP contribution in [0, 0.1) is 5.82 Å². The lowest BCUT2D eigenvalue weighted by Gasteiger charge is -2.16. The molecule has 0 amide bonds. The lowest BCUT2D eigenvalue weighted by Crippen LogP contribution is -2.17. The number of rotatable bonds is 3. The molecule has 2 aromatic carbocycles. The smallest absolute Gasteiger partial charge is 0.506 e. The highest BCUT2D eigenvalue weighted by atomic mass is 79.9. The number of hydrogen-bond donors (Lipinski definition) is 2. The third-order valence-electron chi connectivity index (χ3n) is 2.90. The molecule has 126 valence electrons. The van der Waals surface area contributed by atoms with Crippen molar-refractivity contribution in [2.45, 2.75) is 12.4 Å². The predicted octanol–water partition coefficient (Wildman–Crippen LogP) is 4.66. The summed E-state index contributed by atoms with van der Waals surface area (Å²) in [5.74, 6) is -1.49. The van der Waals surface area contributed by atoms with Gasteiger partial charge in [-0.1, -0.05) is 12.1 Å². The summed E-state index contributed by atoms with van der Waals surface area (Å²) in [6.45, 7) is 0. The number of benzene rings is 2. The number of hydrogen-bond acceptors (Lipinski definition) is 3. The van der Waals surface area contributed by atoms with Gasteiger partial charge in [-0.2, -0.15) is 0 Å². The molecule has 0 aliphatic carbocycles. The molecule has 0 aliphatic rings. The van der Waals surface area contributed by atoms with Crippen LogP contribution in [0.15, 0.2) is 40.9 Å². The summed E-state index contributed by atoms with van der Waals surface area (Å²) >= 11 is 3.05. The van der Waals surface area contributed by atoms with Crippen LogP contribution in [0.1, 0.15) is 17.2 Å². The lowest BCUT2D eigenvalue weighted by atomic mass is 9.98. The van der Waals surface area contributed by atoms with Crippen molar-refractivity contribution in [2.24, 2.45) is 5.73 Å². The second-order valence-electron chi connectivity index (χ2n) is 4.39. The first-order valence-corrected chi connectivity index (χ1v) is 6.76. The molecule has 0 aromatic heterocycles. The lowest BCUT2D eigenvalue weighted by molar-refractivity contribution is -0.274. The van der Waals surface area contributed by atoms with E-state index in [1.807, 2.05) is 0 Å². The summed E-state index contributed by atoms with van der Waals surface area (Å²) in [4.78, 5) is 0. The van der Waals surface area contributed by atoms with Gasteiger partial charge in [-0.25, -0.2) is 4.39 Å². The number of nitrogens with two attached hydrogens (primary N) is 1. The second-order valence-corrected chi connectivity index (χ2v) is 5.24. The van der Waals surface area contributed by atoms with Crippen molar-refractivity contribution in [3.8, 4) is 11.5 Å². The molecular formula is C14H11BrClF4NO2. The minimum atomic E-state index is -4.79. The van der Waals surface area contributed by atoms with Gasteiger partial charge in [0.25, 0.3) is 0 Å². The van der Waals surface area contributed by atoms with E-state index >= 15 is 0 Å². The summed E-state index contributed by atoms with van der Waals surface area (Å²) in [6, 6.07) is 6.07. The van der Waals surface area contributed by atoms with Gasteiger partial charge in [-0.15, -0.1) is 25.6 Å². The van der Waals surface area contributed by atoms with Crippen LogP contribution in [0.25, 0.3) is 0 Å². The van der Waals surface area contributed by atoms with Gasteiger partial charge in [0.2, 0.25) is 0 Å². The van der Waals surface area contributed by atoms with E-state index in [0.717, 1.165) is 18.2 Å². The van der Waals surface area contributed by atoms with Crippen molar-refractivity contribution < 1.29 is 27.4 Å². The molecule has 3 N–H and O–H groups in total. The molecule has 23 heavy (non-hydrogen) atoms. The number of alkyl halides is 3. The zero-order valence-electron chi connectivity index (χ0n) is 11.3. The number of halogens is 6. The molecule has 2 aromatic rings. The van der Waals surface area contributed by atoms with Crippen LogP contribution in [0.2, 0.25) is 0 Å². The minimum Gasteiger partial charge on any atom is -0.506 e. The van der Waals surface area contributed by atoms with E-state index < -0.39 is 24.0 Å². The summed E-state index contributed by atoms with van der Waals surface area (Å²) in [6.07, 6.45) is -4.79. The number of phenolic OH excluding ortho intramolecular Hbond substituents is 1. The molecule has 0 aliphatic heterocycles. The third kappa shape index (κ3) is 4.73. The number of ether oxygens (including phenoxy) is 1. The molecule has 0 fully saturated rings. The zero-order valence-corrected chi connectivity index (χ0v) is 13.7. The Morgan fingerprint density at radius 3 is 2.17 bits per heavy atom. The fourth-order valence-electron chi connectivity index (χ4n) is 1.90. The van der Waals surface area contributed by atoms with Crippen LogP contribution < -0.4 is 10.5 Å². The molecule has 0 bridgehead atoms. The summed E-state index contributed by atoms with van der Waals surface area (Å²) in [7, 11) is 0. The van der Waals surface area contributed by atoms with Gasteiger partial charge >= 0.3 is 6.36 Å². The quantitative estimate of drug-likeness (QED) is 0.716. The topological polar surface area (TPSA) is 55.5 Å². The predicted molar refractivity (Wildman–Crippen MR) is 82.2 cm³/mol. The van der Waals surface area contributed by atoms with Gasteiger partial charge in [0.1, 0.15) is 17.3 Å². The highest BCUT2D eigenvalue weighted by Crippen LogP contribution is 2.36. The van der Waals surface area contributed by atoms with Gasteiger partial charge in [0, 0.05) is 0 Å². The molecule has 9 heteroatoms. The van der Waals surface area contributed by atoms with Crippen LogP contribution in [-0.2, 0) is 0 Å². The Morgan fingerprint density at radius 2 is 1.65 bits per heavy atom. The first-order chi connectivity index (χ1) is 10.2. The zero-order chi connectivity index (χ0) is 16.5. The van der Waals surface area contributed by atoms with E-state index in [0.29, 0.717) is 5.56 Å². The fraction of sp³-hybridized carbons (Fsp3) is 0.143. The maximum absolute atomic E-state index is 13.8. The molecule has 1 atom stereocenters. The molecule has 0 saturated heterocycles. The van der Waals surface area contributed by atoms with Crippen molar-refractivity contribution in [1.29, 1.82) is 0 Å². The fourth-order valence-corrected chi connectivity index (χ4v) is 2.24. The van der Waals surface area contributed by atoms with E-state index in [1.54, 1.807) is 0 Å². The highest BCUT2D eigenvalue weighted by Gasteiger charge is 2.31. The monoisotopic (exact) mass is 415 g/mol. The maximum atomic E-state index is 13.8. The van der Waals surface area contributed by atoms with Gasteiger partial charge in [0.15, 0.2) is 0 Å². The van der Waals surface area contributed by atoms with Crippen molar-refractivity contribution in [2.75, 3.05) is 0 Å². The Kier molecular flexibility index (Phi) is 6.26. The van der Waals surface area contributed by atoms with Crippen LogP contribution in [-0.4, -0.2) is 11.5 Å². The van der Waals surface area contributed by atoms with Gasteiger partial charge in [-0.3, -0.25) is 0 Å². The van der Waals surface area contributed by atoms with E-state index in [-0.39, 0.29) is 28.2 Å². The average molecular weight is 417 g/mol. The molecule has 0 spiro atoms. The van der Waals surface area contributed by atoms with Crippen LogP contribution in [0.3, 0.4) is 0 Å².